The minimum Gasteiger partial charge on any atom is -0.478 e. The number of benzene rings is 1. The minimum absolute atomic E-state index is 0.269. The summed E-state index contributed by atoms with van der Waals surface area (Å²) < 4.78 is 0. The van der Waals surface area contributed by atoms with Crippen molar-refractivity contribution in [2.45, 2.75) is 0 Å². The second kappa shape index (κ2) is 3.33. The lowest BCUT2D eigenvalue weighted by Crippen LogP contribution is -2.26. The molecule has 0 radical (unpaired) electrons. The van der Waals surface area contributed by atoms with E-state index in [9.17, 15) is 9.59 Å². The topological polar surface area (TPSA) is 74.6 Å². The summed E-state index contributed by atoms with van der Waals surface area (Å²) in [4.78, 5) is 21.4. The summed E-state index contributed by atoms with van der Waals surface area (Å²) in [6.07, 6.45) is 0. The van der Waals surface area contributed by atoms with Crippen molar-refractivity contribution in [3.8, 4) is 0 Å². The van der Waals surface area contributed by atoms with Crippen LogP contribution in [0, 0.1) is 0 Å². The average molecular weight is 192 g/mol. The van der Waals surface area contributed by atoms with E-state index in [0.717, 1.165) is 0 Å². The molecule has 0 aromatic heterocycles. The molecule has 0 fully saturated rings. The molecule has 0 saturated heterocycles. The third-order valence-electron chi connectivity index (χ3n) is 1.80. The number of carbonyl (C=O) groups is 2. The van der Waals surface area contributed by atoms with Crippen LogP contribution in [0.5, 0.6) is 0 Å². The summed E-state index contributed by atoms with van der Waals surface area (Å²) in [5.41, 5.74) is -0.537. The Kier molecular flexibility index (Phi) is 2.38. The van der Waals surface area contributed by atoms with Gasteiger partial charge in [0.25, 0.3) is 0 Å². The van der Waals surface area contributed by atoms with E-state index in [1.165, 1.54) is 12.1 Å². The van der Waals surface area contributed by atoms with Gasteiger partial charge in [-0.05, 0) is 22.6 Å². The van der Waals surface area contributed by atoms with Gasteiger partial charge in [0.05, 0.1) is 11.1 Å². The van der Waals surface area contributed by atoms with Crippen LogP contribution in [-0.2, 0) is 0 Å². The predicted octanol–water partition coefficient (Wildman–Crippen LogP) is -0.0964. The largest absolute Gasteiger partial charge is 0.478 e. The van der Waals surface area contributed by atoms with Gasteiger partial charge in [-0.3, -0.25) is 0 Å². The maximum Gasteiger partial charge on any atom is 0.336 e. The highest BCUT2D eigenvalue weighted by Gasteiger charge is 2.15. The maximum atomic E-state index is 10.7. The Hall–Kier alpha value is -2.10. The summed E-state index contributed by atoms with van der Waals surface area (Å²) in [6.45, 7) is 7.09. The van der Waals surface area contributed by atoms with Crippen molar-refractivity contribution in [1.82, 2.24) is 0 Å². The van der Waals surface area contributed by atoms with E-state index in [1.54, 1.807) is 0 Å². The van der Waals surface area contributed by atoms with Gasteiger partial charge in [0, 0.05) is 0 Å². The van der Waals surface area contributed by atoms with Gasteiger partial charge in [0.1, 0.15) is 0 Å². The summed E-state index contributed by atoms with van der Waals surface area (Å²) in [6, 6.07) is 2.40. The maximum absolute atomic E-state index is 10.7. The lowest BCUT2D eigenvalue weighted by molar-refractivity contribution is 0.0651. The second-order valence-electron chi connectivity index (χ2n) is 2.78. The lowest BCUT2D eigenvalue weighted by Gasteiger charge is -2.00. The number of hydrogen-bond acceptors (Lipinski definition) is 2. The highest BCUT2D eigenvalue weighted by Crippen LogP contribution is 2.03. The van der Waals surface area contributed by atoms with E-state index in [0.29, 0.717) is 10.4 Å². The fraction of sp³-hybridized carbons (Fsp3) is 0. The molecule has 0 aliphatic rings. The van der Waals surface area contributed by atoms with E-state index >= 15 is 0 Å². The van der Waals surface area contributed by atoms with Crippen LogP contribution in [0.1, 0.15) is 20.7 Å². The Labute approximate surface area is 79.4 Å². The minimum atomic E-state index is -1.28. The van der Waals surface area contributed by atoms with Gasteiger partial charge >= 0.3 is 11.9 Å². The number of hydrogen-bond donors (Lipinski definition) is 2. The fourth-order valence-electron chi connectivity index (χ4n) is 1.04. The highest BCUT2D eigenvalue weighted by molar-refractivity contribution is 6.01. The Morgan fingerprint density at radius 3 is 1.43 bits per heavy atom. The van der Waals surface area contributed by atoms with Crippen molar-refractivity contribution in [1.29, 1.82) is 0 Å². The standard InChI is InChI=1S/C10H8O4/c1-5-3-7(9(11)12)8(10(13)14)4-6(5)2/h3-4H,1-2H2,(H,11,12)(H,13,14). The molecule has 72 valence electrons. The third-order valence-corrected chi connectivity index (χ3v) is 1.80. The fourth-order valence-corrected chi connectivity index (χ4v) is 1.04. The first-order valence-corrected chi connectivity index (χ1v) is 3.72. The van der Waals surface area contributed by atoms with Gasteiger partial charge in [0.2, 0.25) is 0 Å². The van der Waals surface area contributed by atoms with Crippen LogP contribution in [0.4, 0.5) is 0 Å². The molecular formula is C10H8O4. The number of rotatable bonds is 2. The highest BCUT2D eigenvalue weighted by atomic mass is 16.4. The molecule has 0 aliphatic heterocycles. The van der Waals surface area contributed by atoms with E-state index in [1.807, 2.05) is 0 Å². The molecule has 1 aromatic rings. The molecule has 4 nitrogen and oxygen atoms in total. The van der Waals surface area contributed by atoms with Crippen LogP contribution in [0.25, 0.3) is 13.2 Å². The SMILES string of the molecule is C=c1cc(C(=O)O)c(C(=O)O)cc1=C. The van der Waals surface area contributed by atoms with Gasteiger partial charge in [-0.1, -0.05) is 13.2 Å². The summed E-state index contributed by atoms with van der Waals surface area (Å²) in [5.74, 6) is -2.57. The molecule has 0 saturated carbocycles. The van der Waals surface area contributed by atoms with Crippen molar-refractivity contribution in [2.24, 2.45) is 0 Å². The van der Waals surface area contributed by atoms with Crippen molar-refractivity contribution in [3.05, 3.63) is 33.7 Å². The monoisotopic (exact) mass is 192 g/mol. The van der Waals surface area contributed by atoms with E-state index in [4.69, 9.17) is 10.2 Å². The zero-order chi connectivity index (χ0) is 10.9. The van der Waals surface area contributed by atoms with Gasteiger partial charge in [-0.2, -0.15) is 0 Å². The molecule has 1 rings (SSSR count). The van der Waals surface area contributed by atoms with Crippen molar-refractivity contribution >= 4 is 25.1 Å². The van der Waals surface area contributed by atoms with Gasteiger partial charge in [-0.15, -0.1) is 0 Å². The second-order valence-corrected chi connectivity index (χ2v) is 2.78. The predicted molar refractivity (Wildman–Crippen MR) is 50.7 cm³/mol. The molecule has 1 aromatic carbocycles. The van der Waals surface area contributed by atoms with Gasteiger partial charge in [-0.25, -0.2) is 9.59 Å². The smallest absolute Gasteiger partial charge is 0.336 e. The van der Waals surface area contributed by atoms with Gasteiger partial charge < -0.3 is 10.2 Å². The first-order valence-electron chi connectivity index (χ1n) is 3.72. The van der Waals surface area contributed by atoms with Crippen LogP contribution in [0.15, 0.2) is 12.1 Å². The number of aromatic carboxylic acids is 2. The molecule has 0 aliphatic carbocycles. The Bertz CT molecular complexity index is 455. The van der Waals surface area contributed by atoms with Crippen LogP contribution in [0.2, 0.25) is 0 Å². The molecule has 0 amide bonds. The molecule has 2 N–H and O–H groups in total. The average Bonchev–Trinajstić information content (AvgIpc) is 2.08. The molecule has 0 heterocycles. The van der Waals surface area contributed by atoms with E-state index in [2.05, 4.69) is 13.2 Å². The van der Waals surface area contributed by atoms with Crippen LogP contribution >= 0.6 is 0 Å². The number of carboxylic acids is 2. The molecule has 4 heteroatoms. The summed E-state index contributed by atoms with van der Waals surface area (Å²) >= 11 is 0. The van der Waals surface area contributed by atoms with Crippen molar-refractivity contribution in [2.75, 3.05) is 0 Å². The molecule has 0 atom stereocenters. The van der Waals surface area contributed by atoms with E-state index in [-0.39, 0.29) is 11.1 Å². The molecule has 0 unspecified atom stereocenters. The Balaban J connectivity index is 3.63. The number of carboxylic acid groups (broad SMARTS) is 2. The normalized spacial score (nSPS) is 9.71. The molecule has 0 spiro atoms. The van der Waals surface area contributed by atoms with Crippen LogP contribution < -0.4 is 10.4 Å². The Morgan fingerprint density at radius 2 is 1.21 bits per heavy atom. The Morgan fingerprint density at radius 1 is 0.929 bits per heavy atom. The van der Waals surface area contributed by atoms with Crippen LogP contribution in [0.3, 0.4) is 0 Å². The molecule has 0 bridgehead atoms. The zero-order valence-corrected chi connectivity index (χ0v) is 7.28. The third kappa shape index (κ3) is 1.64. The van der Waals surface area contributed by atoms with Crippen molar-refractivity contribution in [3.63, 3.8) is 0 Å². The lowest BCUT2D eigenvalue weighted by atomic mass is 10.1. The first-order chi connectivity index (χ1) is 6.43. The summed E-state index contributed by atoms with van der Waals surface area (Å²) in [7, 11) is 0. The van der Waals surface area contributed by atoms with Gasteiger partial charge in [0.15, 0.2) is 0 Å². The molecule has 14 heavy (non-hydrogen) atoms. The van der Waals surface area contributed by atoms with Crippen LogP contribution in [-0.4, -0.2) is 22.2 Å². The molecular weight excluding hydrogens is 184 g/mol. The summed E-state index contributed by atoms with van der Waals surface area (Å²) in [5, 5.41) is 18.3. The first kappa shape index (κ1) is 9.98. The zero-order valence-electron chi connectivity index (χ0n) is 7.28. The van der Waals surface area contributed by atoms with Crippen molar-refractivity contribution < 1.29 is 19.8 Å². The van der Waals surface area contributed by atoms with E-state index < -0.39 is 11.9 Å². The quantitative estimate of drug-likeness (QED) is 0.686.